The minimum absolute atomic E-state index is 0.00986. The number of fused-ring (bicyclic) bond motifs is 1. The molecule has 0 aliphatic carbocycles. The summed E-state index contributed by atoms with van der Waals surface area (Å²) in [6.45, 7) is 2.55. The van der Waals surface area contributed by atoms with Gasteiger partial charge in [0.15, 0.2) is 15.5 Å². The van der Waals surface area contributed by atoms with Gasteiger partial charge in [-0.1, -0.05) is 48.0 Å². The molecule has 0 aliphatic heterocycles. The Kier molecular flexibility index (Phi) is 9.86. The summed E-state index contributed by atoms with van der Waals surface area (Å²) in [6, 6.07) is 10.8. The highest BCUT2D eigenvalue weighted by atomic mass is 35.5. The summed E-state index contributed by atoms with van der Waals surface area (Å²) < 4.78 is 82.5. The van der Waals surface area contributed by atoms with E-state index in [9.17, 15) is 30.8 Å². The van der Waals surface area contributed by atoms with Crippen LogP contribution in [0.15, 0.2) is 71.8 Å². The average molecular weight is 655 g/mol. The number of nitrogens with one attached hydrogen (secondary N) is 3. The van der Waals surface area contributed by atoms with Gasteiger partial charge in [-0.15, -0.1) is 0 Å². The molecule has 0 fully saturated rings. The number of aromatic nitrogens is 3. The zero-order valence-electron chi connectivity index (χ0n) is 24.0. The van der Waals surface area contributed by atoms with Gasteiger partial charge in [0, 0.05) is 37.9 Å². The molecule has 0 saturated heterocycles. The lowest BCUT2D eigenvalue weighted by molar-refractivity contribution is -0.161. The molecule has 2 aromatic heterocycles. The topological polar surface area (TPSA) is 117 Å². The summed E-state index contributed by atoms with van der Waals surface area (Å²) in [5, 5.41) is 12.3. The Hall–Kier alpha value is -3.75. The first kappa shape index (κ1) is 33.1. The van der Waals surface area contributed by atoms with E-state index in [1.165, 1.54) is 67.0 Å². The van der Waals surface area contributed by atoms with Gasteiger partial charge >= 0.3 is 6.18 Å². The molecule has 236 valence electrons. The van der Waals surface area contributed by atoms with Gasteiger partial charge in [0.1, 0.15) is 22.7 Å². The molecule has 2 heterocycles. The van der Waals surface area contributed by atoms with Crippen LogP contribution in [0.3, 0.4) is 0 Å². The van der Waals surface area contributed by atoms with Crippen LogP contribution in [0, 0.1) is 0 Å². The fraction of sp³-hybridized carbons (Fsp3) is 0.345. The molecule has 1 amide bonds. The molecular formula is C29H31ClF4N6O3S. The van der Waals surface area contributed by atoms with E-state index in [1.807, 2.05) is 0 Å². The maximum Gasteiger partial charge on any atom is 0.407 e. The van der Waals surface area contributed by atoms with E-state index in [0.717, 1.165) is 6.26 Å². The lowest BCUT2D eigenvalue weighted by atomic mass is 9.96. The van der Waals surface area contributed by atoms with Gasteiger partial charge in [-0.05, 0) is 42.7 Å². The number of alkyl halides is 4. The van der Waals surface area contributed by atoms with Gasteiger partial charge < -0.3 is 10.6 Å². The molecule has 3 N–H and O–H groups in total. The largest absolute Gasteiger partial charge is 0.407 e. The van der Waals surface area contributed by atoms with Crippen molar-refractivity contribution in [2.24, 2.45) is 0 Å². The fourth-order valence-electron chi connectivity index (χ4n) is 4.56. The molecule has 0 unspecified atom stereocenters. The van der Waals surface area contributed by atoms with Crippen LogP contribution in [0.5, 0.6) is 0 Å². The van der Waals surface area contributed by atoms with Crippen molar-refractivity contribution < 1.29 is 30.8 Å². The third-order valence-corrected chi connectivity index (χ3v) is 7.94. The Balaban J connectivity index is 1.47. The quantitative estimate of drug-likeness (QED) is 0.107. The molecule has 0 bridgehead atoms. The van der Waals surface area contributed by atoms with Crippen molar-refractivity contribution in [3.05, 3.63) is 77.6 Å². The van der Waals surface area contributed by atoms with Gasteiger partial charge in [0.25, 0.3) is 0 Å². The average Bonchev–Trinajstić information content (AvgIpc) is 3.40. The van der Waals surface area contributed by atoms with Crippen molar-refractivity contribution in [3.8, 4) is 11.1 Å². The number of carbonyl (C=O) groups is 1. The SMILES string of the molecule is CC(C)(F)C[C@H](N[C@@H](c1ccc(-c2ccc(S(C)(=O)=O)cc2)cc1)C(F)(F)F)C(=O)NCCNc1cc(Cl)nc2ccnn12. The zero-order valence-corrected chi connectivity index (χ0v) is 25.6. The number of hydrogen-bond acceptors (Lipinski definition) is 7. The zero-order chi connectivity index (χ0) is 32.3. The molecule has 2 aromatic carbocycles. The number of benzene rings is 2. The van der Waals surface area contributed by atoms with Crippen LogP contribution in [0.25, 0.3) is 16.8 Å². The van der Waals surface area contributed by atoms with E-state index in [4.69, 9.17) is 11.6 Å². The standard InChI is InChI=1S/C29H31ClF4N6O3S/c1-28(2,31)17-22(27(41)36-15-14-35-25-16-23(30)39-24-12-13-37-40(24)25)38-26(29(32,33)34)20-6-4-18(5-7-20)19-8-10-21(11-9-19)44(3,42)43/h4-13,16,22,26,35,38H,14-15,17H2,1-3H3,(H,36,41)/t22-,26-/m0/s1. The summed E-state index contributed by atoms with van der Waals surface area (Å²) in [7, 11) is -3.40. The van der Waals surface area contributed by atoms with E-state index in [1.54, 1.807) is 18.2 Å². The maximum absolute atomic E-state index is 14.7. The van der Waals surface area contributed by atoms with E-state index in [2.05, 4.69) is 26.0 Å². The lowest BCUT2D eigenvalue weighted by Gasteiger charge is -2.30. The van der Waals surface area contributed by atoms with Gasteiger partial charge in [-0.3, -0.25) is 10.1 Å². The number of amides is 1. The van der Waals surface area contributed by atoms with E-state index < -0.39 is 46.1 Å². The van der Waals surface area contributed by atoms with Gasteiger partial charge in [0.05, 0.1) is 17.1 Å². The molecule has 0 saturated carbocycles. The van der Waals surface area contributed by atoms with Crippen molar-refractivity contribution in [2.45, 2.75) is 49.1 Å². The number of nitrogens with zero attached hydrogens (tertiary/aromatic N) is 3. The minimum Gasteiger partial charge on any atom is -0.368 e. The van der Waals surface area contributed by atoms with Crippen LogP contribution in [-0.4, -0.2) is 66.2 Å². The number of rotatable bonds is 12. The monoisotopic (exact) mass is 654 g/mol. The van der Waals surface area contributed by atoms with Crippen LogP contribution in [-0.2, 0) is 14.6 Å². The van der Waals surface area contributed by atoms with Crippen molar-refractivity contribution in [1.29, 1.82) is 0 Å². The first-order chi connectivity index (χ1) is 20.5. The second-order valence-electron chi connectivity index (χ2n) is 10.8. The first-order valence-electron chi connectivity index (χ1n) is 13.5. The van der Waals surface area contributed by atoms with Crippen molar-refractivity contribution in [2.75, 3.05) is 24.7 Å². The summed E-state index contributed by atoms with van der Waals surface area (Å²) >= 11 is 6.03. The van der Waals surface area contributed by atoms with Gasteiger partial charge in [0.2, 0.25) is 5.91 Å². The van der Waals surface area contributed by atoms with Crippen molar-refractivity contribution in [3.63, 3.8) is 0 Å². The normalized spacial score (nSPS) is 13.9. The van der Waals surface area contributed by atoms with Crippen LogP contribution < -0.4 is 16.0 Å². The highest BCUT2D eigenvalue weighted by Crippen LogP contribution is 2.35. The minimum atomic E-state index is -4.81. The summed E-state index contributed by atoms with van der Waals surface area (Å²) in [6.07, 6.45) is -2.72. The van der Waals surface area contributed by atoms with Gasteiger partial charge in [-0.25, -0.2) is 17.8 Å². The van der Waals surface area contributed by atoms with Crippen LogP contribution in [0.4, 0.5) is 23.4 Å². The molecule has 4 aromatic rings. The molecule has 0 spiro atoms. The molecule has 2 atom stereocenters. The summed E-state index contributed by atoms with van der Waals surface area (Å²) in [5.41, 5.74) is -0.472. The molecule has 4 rings (SSSR count). The van der Waals surface area contributed by atoms with Crippen molar-refractivity contribution in [1.82, 2.24) is 25.2 Å². The van der Waals surface area contributed by atoms with E-state index in [-0.39, 0.29) is 28.7 Å². The Bertz CT molecular complexity index is 1710. The third kappa shape index (κ3) is 8.67. The lowest BCUT2D eigenvalue weighted by Crippen LogP contribution is -2.51. The molecule has 15 heteroatoms. The smallest absolute Gasteiger partial charge is 0.368 e. The first-order valence-corrected chi connectivity index (χ1v) is 15.7. The number of sulfone groups is 1. The van der Waals surface area contributed by atoms with Crippen LogP contribution in [0.1, 0.15) is 31.9 Å². The highest BCUT2D eigenvalue weighted by molar-refractivity contribution is 7.90. The summed E-state index contributed by atoms with van der Waals surface area (Å²) in [5.74, 6) is -0.308. The maximum atomic E-state index is 14.7. The number of anilines is 1. The predicted molar refractivity (Wildman–Crippen MR) is 160 cm³/mol. The van der Waals surface area contributed by atoms with Crippen LogP contribution >= 0.6 is 11.6 Å². The molecule has 44 heavy (non-hydrogen) atoms. The molecule has 9 nitrogen and oxygen atoms in total. The number of hydrogen-bond donors (Lipinski definition) is 3. The van der Waals surface area contributed by atoms with E-state index >= 15 is 0 Å². The summed E-state index contributed by atoms with van der Waals surface area (Å²) in [4.78, 5) is 17.3. The fourth-order valence-corrected chi connectivity index (χ4v) is 5.38. The van der Waals surface area contributed by atoms with Crippen molar-refractivity contribution >= 4 is 38.8 Å². The molecule has 0 aliphatic rings. The predicted octanol–water partition coefficient (Wildman–Crippen LogP) is 5.38. The third-order valence-electron chi connectivity index (χ3n) is 6.62. The van der Waals surface area contributed by atoms with E-state index in [0.29, 0.717) is 22.6 Å². The molecular weight excluding hydrogens is 624 g/mol. The Morgan fingerprint density at radius 3 is 2.16 bits per heavy atom. The Labute approximate surface area is 256 Å². The number of carbonyl (C=O) groups excluding carboxylic acids is 1. The van der Waals surface area contributed by atoms with Gasteiger partial charge in [-0.2, -0.15) is 22.8 Å². The Morgan fingerprint density at radius 2 is 1.59 bits per heavy atom. The second kappa shape index (κ2) is 13.1. The molecule has 0 radical (unpaired) electrons. The number of halogens is 5. The van der Waals surface area contributed by atoms with Crippen LogP contribution in [0.2, 0.25) is 5.15 Å². The second-order valence-corrected chi connectivity index (χ2v) is 13.2. The highest BCUT2D eigenvalue weighted by Gasteiger charge is 2.43. The Morgan fingerprint density at radius 1 is 0.977 bits per heavy atom.